The number of carbonyl (C=O) groups excluding carboxylic acids is 2. The van der Waals surface area contributed by atoms with Crippen molar-refractivity contribution in [3.8, 4) is 0 Å². The number of benzene rings is 1. The number of anilines is 1. The van der Waals surface area contributed by atoms with E-state index in [2.05, 4.69) is 5.32 Å². The quantitative estimate of drug-likeness (QED) is 0.737. The zero-order chi connectivity index (χ0) is 11.9. The molecule has 2 aliphatic rings. The van der Waals surface area contributed by atoms with Crippen LogP contribution in [0.1, 0.15) is 18.4 Å². The van der Waals surface area contributed by atoms with Gasteiger partial charge in [0.2, 0.25) is 5.91 Å². The summed E-state index contributed by atoms with van der Waals surface area (Å²) in [5.41, 5.74) is 1.53. The van der Waals surface area contributed by atoms with Crippen LogP contribution in [0.3, 0.4) is 0 Å². The molecular formula is C14H13NO2. The van der Waals surface area contributed by atoms with E-state index in [4.69, 9.17) is 0 Å². The van der Waals surface area contributed by atoms with Crippen molar-refractivity contribution >= 4 is 17.4 Å². The van der Waals surface area contributed by atoms with Crippen LogP contribution in [0.15, 0.2) is 36.4 Å². The van der Waals surface area contributed by atoms with Crippen LogP contribution in [0.4, 0.5) is 5.69 Å². The normalized spacial score (nSPS) is 26.8. The zero-order valence-electron chi connectivity index (χ0n) is 9.40. The molecule has 0 saturated heterocycles. The maximum absolute atomic E-state index is 12.2. The minimum Gasteiger partial charge on any atom is -0.325 e. The number of amides is 1. The predicted octanol–water partition coefficient (Wildman–Crippen LogP) is 2.09. The fourth-order valence-electron chi connectivity index (χ4n) is 2.57. The van der Waals surface area contributed by atoms with E-state index < -0.39 is 5.41 Å². The Kier molecular flexibility index (Phi) is 2.15. The molecule has 3 rings (SSSR count). The molecule has 0 fully saturated rings. The SMILES string of the molecule is O=C1C=C[C@@]2(CC1)Cc1ccccc1NC2=O. The molecule has 0 unspecified atom stereocenters. The summed E-state index contributed by atoms with van der Waals surface area (Å²) in [6.07, 6.45) is 5.11. The summed E-state index contributed by atoms with van der Waals surface area (Å²) in [5.74, 6) is 0.127. The molecule has 86 valence electrons. The summed E-state index contributed by atoms with van der Waals surface area (Å²) in [4.78, 5) is 23.4. The molecule has 1 heterocycles. The van der Waals surface area contributed by atoms with E-state index in [1.54, 1.807) is 12.2 Å². The highest BCUT2D eigenvalue weighted by Crippen LogP contribution is 2.40. The van der Waals surface area contributed by atoms with Gasteiger partial charge in [-0.2, -0.15) is 0 Å². The van der Waals surface area contributed by atoms with Crippen molar-refractivity contribution < 1.29 is 9.59 Å². The van der Waals surface area contributed by atoms with Crippen LogP contribution in [0, 0.1) is 5.41 Å². The van der Waals surface area contributed by atoms with E-state index in [1.807, 2.05) is 24.3 Å². The second-order valence-electron chi connectivity index (χ2n) is 4.74. The molecule has 1 atom stereocenters. The van der Waals surface area contributed by atoms with Gasteiger partial charge in [0, 0.05) is 12.1 Å². The smallest absolute Gasteiger partial charge is 0.234 e. The highest BCUT2D eigenvalue weighted by Gasteiger charge is 2.41. The minimum atomic E-state index is -0.512. The van der Waals surface area contributed by atoms with Crippen LogP contribution < -0.4 is 5.32 Å². The van der Waals surface area contributed by atoms with Crippen molar-refractivity contribution in [3.05, 3.63) is 42.0 Å². The third-order valence-electron chi connectivity index (χ3n) is 3.63. The summed E-state index contributed by atoms with van der Waals surface area (Å²) in [5, 5.41) is 2.93. The standard InChI is InChI=1S/C14H13NO2/c16-11-5-7-14(8-6-11)9-10-3-1-2-4-12(10)15-13(14)17/h1-5,7H,6,8-9H2,(H,15,17)/t14-/m1/s1. The number of hydrogen-bond acceptors (Lipinski definition) is 2. The van der Waals surface area contributed by atoms with Crippen LogP contribution in [-0.2, 0) is 16.0 Å². The fraction of sp³-hybridized carbons (Fsp3) is 0.286. The molecule has 1 aromatic carbocycles. The lowest BCUT2D eigenvalue weighted by atomic mass is 9.71. The van der Waals surface area contributed by atoms with Gasteiger partial charge in [0.15, 0.2) is 5.78 Å². The van der Waals surface area contributed by atoms with E-state index in [1.165, 1.54) is 0 Å². The van der Waals surface area contributed by atoms with Crippen LogP contribution >= 0.6 is 0 Å². The summed E-state index contributed by atoms with van der Waals surface area (Å²) < 4.78 is 0. The molecule has 1 spiro atoms. The number of para-hydroxylation sites is 1. The third-order valence-corrected chi connectivity index (χ3v) is 3.63. The lowest BCUT2D eigenvalue weighted by Gasteiger charge is -2.36. The van der Waals surface area contributed by atoms with Crippen LogP contribution in [0.5, 0.6) is 0 Å². The summed E-state index contributed by atoms with van der Waals surface area (Å²) in [6, 6.07) is 7.83. The molecule has 0 aromatic heterocycles. The third kappa shape index (κ3) is 1.58. The van der Waals surface area contributed by atoms with Crippen molar-refractivity contribution in [3.63, 3.8) is 0 Å². The molecular weight excluding hydrogens is 214 g/mol. The molecule has 1 amide bonds. The minimum absolute atomic E-state index is 0.0138. The lowest BCUT2D eigenvalue weighted by Crippen LogP contribution is -2.42. The molecule has 0 bridgehead atoms. The first kappa shape index (κ1) is 10.3. The Morgan fingerprint density at radius 3 is 2.76 bits per heavy atom. The van der Waals surface area contributed by atoms with Gasteiger partial charge in [0.05, 0.1) is 5.41 Å². The van der Waals surface area contributed by atoms with Gasteiger partial charge < -0.3 is 5.32 Å². The van der Waals surface area contributed by atoms with Crippen LogP contribution in [-0.4, -0.2) is 11.7 Å². The molecule has 3 heteroatoms. The van der Waals surface area contributed by atoms with Crippen molar-refractivity contribution in [1.82, 2.24) is 0 Å². The van der Waals surface area contributed by atoms with Crippen molar-refractivity contribution in [1.29, 1.82) is 0 Å². The Hall–Kier alpha value is -1.90. The molecule has 1 N–H and O–H groups in total. The average molecular weight is 227 g/mol. The van der Waals surface area contributed by atoms with Gasteiger partial charge in [-0.25, -0.2) is 0 Å². The zero-order valence-corrected chi connectivity index (χ0v) is 9.40. The summed E-state index contributed by atoms with van der Waals surface area (Å²) in [7, 11) is 0. The van der Waals surface area contributed by atoms with E-state index in [0.717, 1.165) is 11.3 Å². The number of hydrogen-bond donors (Lipinski definition) is 1. The number of fused-ring (bicyclic) bond motifs is 1. The molecule has 1 aromatic rings. The highest BCUT2D eigenvalue weighted by atomic mass is 16.2. The van der Waals surface area contributed by atoms with Gasteiger partial charge in [0.25, 0.3) is 0 Å². The first-order valence-corrected chi connectivity index (χ1v) is 5.81. The molecule has 1 aliphatic carbocycles. The Morgan fingerprint density at radius 1 is 1.18 bits per heavy atom. The van der Waals surface area contributed by atoms with Crippen molar-refractivity contribution in [2.24, 2.45) is 5.41 Å². The lowest BCUT2D eigenvalue weighted by molar-refractivity contribution is -0.125. The topological polar surface area (TPSA) is 46.2 Å². The summed E-state index contributed by atoms with van der Waals surface area (Å²) in [6.45, 7) is 0. The predicted molar refractivity (Wildman–Crippen MR) is 64.6 cm³/mol. The molecule has 17 heavy (non-hydrogen) atoms. The summed E-state index contributed by atoms with van der Waals surface area (Å²) >= 11 is 0. The molecule has 1 aliphatic heterocycles. The molecule has 0 radical (unpaired) electrons. The second kappa shape index (κ2) is 3.55. The van der Waals surface area contributed by atoms with E-state index in [9.17, 15) is 9.59 Å². The van der Waals surface area contributed by atoms with E-state index in [0.29, 0.717) is 19.3 Å². The Labute approximate surface area is 99.5 Å². The van der Waals surface area contributed by atoms with Crippen LogP contribution in [0.25, 0.3) is 0 Å². The van der Waals surface area contributed by atoms with Gasteiger partial charge >= 0.3 is 0 Å². The van der Waals surface area contributed by atoms with Gasteiger partial charge in [0.1, 0.15) is 0 Å². The van der Waals surface area contributed by atoms with E-state index in [-0.39, 0.29) is 11.7 Å². The van der Waals surface area contributed by atoms with Crippen molar-refractivity contribution in [2.45, 2.75) is 19.3 Å². The second-order valence-corrected chi connectivity index (χ2v) is 4.74. The maximum atomic E-state index is 12.2. The Morgan fingerprint density at radius 2 is 2.00 bits per heavy atom. The Bertz CT molecular complexity index is 533. The van der Waals surface area contributed by atoms with E-state index >= 15 is 0 Å². The molecule has 0 saturated carbocycles. The first-order valence-electron chi connectivity index (χ1n) is 5.81. The van der Waals surface area contributed by atoms with Gasteiger partial charge in [-0.3, -0.25) is 9.59 Å². The van der Waals surface area contributed by atoms with Gasteiger partial charge in [-0.05, 0) is 30.5 Å². The number of ketones is 1. The maximum Gasteiger partial charge on any atom is 0.234 e. The Balaban J connectivity index is 2.02. The fourth-order valence-corrected chi connectivity index (χ4v) is 2.57. The number of nitrogens with one attached hydrogen (secondary N) is 1. The largest absolute Gasteiger partial charge is 0.325 e. The monoisotopic (exact) mass is 227 g/mol. The number of carbonyl (C=O) groups is 2. The average Bonchev–Trinajstić information content (AvgIpc) is 2.34. The number of allylic oxidation sites excluding steroid dienone is 1. The first-order chi connectivity index (χ1) is 8.20. The van der Waals surface area contributed by atoms with Crippen LogP contribution in [0.2, 0.25) is 0 Å². The van der Waals surface area contributed by atoms with Crippen molar-refractivity contribution in [2.75, 3.05) is 5.32 Å². The number of rotatable bonds is 0. The van der Waals surface area contributed by atoms with Gasteiger partial charge in [-0.1, -0.05) is 24.3 Å². The van der Waals surface area contributed by atoms with Gasteiger partial charge in [-0.15, -0.1) is 0 Å². The molecule has 3 nitrogen and oxygen atoms in total. The highest BCUT2D eigenvalue weighted by molar-refractivity contribution is 6.02.